The second-order valence-corrected chi connectivity index (χ2v) is 8.73. The maximum Gasteiger partial charge on any atom is 0.281 e. The molecule has 2 aliphatic heterocycles. The minimum Gasteiger partial charge on any atom is -0.373 e. The van der Waals surface area contributed by atoms with E-state index < -0.39 is 10.2 Å². The first-order valence-electron chi connectivity index (χ1n) is 9.54. The molecule has 0 atom stereocenters. The summed E-state index contributed by atoms with van der Waals surface area (Å²) in [6, 6.07) is 0. The predicted molar refractivity (Wildman–Crippen MR) is 102 cm³/mol. The standard InChI is InChI=1S/C17H30N6O2S/c1-4-22(5-2)26(24,25)23-10-7-13(8-11-23)16-20-15-12-19-9-6-14(15)17(18-3)21-16/h13,19H,4-12H2,1-3H3,(H,18,20,21). The van der Waals surface area contributed by atoms with E-state index in [4.69, 9.17) is 9.97 Å². The Kier molecular flexibility index (Phi) is 6.11. The van der Waals surface area contributed by atoms with Gasteiger partial charge in [-0.2, -0.15) is 17.0 Å². The molecule has 0 aliphatic carbocycles. The van der Waals surface area contributed by atoms with Crippen molar-refractivity contribution >= 4 is 16.0 Å². The van der Waals surface area contributed by atoms with Crippen LogP contribution in [0.2, 0.25) is 0 Å². The highest BCUT2D eigenvalue weighted by molar-refractivity contribution is 7.86. The van der Waals surface area contributed by atoms with Crippen LogP contribution in [-0.4, -0.2) is 66.8 Å². The van der Waals surface area contributed by atoms with Gasteiger partial charge in [0.15, 0.2) is 0 Å². The molecule has 146 valence electrons. The van der Waals surface area contributed by atoms with Crippen molar-refractivity contribution in [1.29, 1.82) is 0 Å². The van der Waals surface area contributed by atoms with E-state index >= 15 is 0 Å². The number of anilines is 1. The van der Waals surface area contributed by atoms with Crippen LogP contribution in [0.1, 0.15) is 49.7 Å². The average molecular weight is 383 g/mol. The van der Waals surface area contributed by atoms with E-state index in [1.165, 1.54) is 9.87 Å². The van der Waals surface area contributed by atoms with E-state index in [0.717, 1.165) is 49.7 Å². The van der Waals surface area contributed by atoms with Gasteiger partial charge in [-0.05, 0) is 25.8 Å². The Hall–Kier alpha value is -1.29. The molecule has 0 amide bonds. The number of piperidine rings is 1. The van der Waals surface area contributed by atoms with Crippen LogP contribution in [0, 0.1) is 0 Å². The van der Waals surface area contributed by atoms with E-state index in [-0.39, 0.29) is 5.92 Å². The predicted octanol–water partition coefficient (Wildman–Crippen LogP) is 0.930. The van der Waals surface area contributed by atoms with Gasteiger partial charge in [-0.1, -0.05) is 13.8 Å². The molecule has 1 aromatic heterocycles. The second kappa shape index (κ2) is 8.16. The minimum absolute atomic E-state index is 0.206. The molecule has 26 heavy (non-hydrogen) atoms. The van der Waals surface area contributed by atoms with Crippen LogP contribution in [0.5, 0.6) is 0 Å². The highest BCUT2D eigenvalue weighted by Gasteiger charge is 2.33. The smallest absolute Gasteiger partial charge is 0.281 e. The number of nitrogens with zero attached hydrogens (tertiary/aromatic N) is 4. The van der Waals surface area contributed by atoms with Crippen molar-refractivity contribution in [3.05, 3.63) is 17.1 Å². The molecule has 0 radical (unpaired) electrons. The van der Waals surface area contributed by atoms with Gasteiger partial charge in [0.2, 0.25) is 0 Å². The maximum absolute atomic E-state index is 12.7. The molecule has 0 saturated carbocycles. The highest BCUT2D eigenvalue weighted by atomic mass is 32.2. The van der Waals surface area contributed by atoms with Crippen molar-refractivity contribution in [3.8, 4) is 0 Å². The molecule has 0 bridgehead atoms. The van der Waals surface area contributed by atoms with Gasteiger partial charge in [-0.25, -0.2) is 9.97 Å². The van der Waals surface area contributed by atoms with Crippen molar-refractivity contribution in [2.24, 2.45) is 0 Å². The Morgan fingerprint density at radius 3 is 2.54 bits per heavy atom. The van der Waals surface area contributed by atoms with Crippen molar-refractivity contribution in [1.82, 2.24) is 23.9 Å². The third-order valence-corrected chi connectivity index (χ3v) is 7.55. The first kappa shape index (κ1) is 19.5. The number of nitrogens with one attached hydrogen (secondary N) is 2. The Bertz CT molecular complexity index is 710. The summed E-state index contributed by atoms with van der Waals surface area (Å²) in [5, 5.41) is 6.57. The zero-order chi connectivity index (χ0) is 18.7. The summed E-state index contributed by atoms with van der Waals surface area (Å²) in [4.78, 5) is 9.56. The normalized spacial score (nSPS) is 19.5. The molecule has 0 unspecified atom stereocenters. The zero-order valence-electron chi connectivity index (χ0n) is 16.0. The van der Waals surface area contributed by atoms with E-state index in [1.807, 2.05) is 20.9 Å². The molecule has 3 heterocycles. The second-order valence-electron chi connectivity index (χ2n) is 6.80. The fraction of sp³-hybridized carbons (Fsp3) is 0.765. The van der Waals surface area contributed by atoms with E-state index in [0.29, 0.717) is 26.2 Å². The number of fused-ring (bicyclic) bond motifs is 1. The molecule has 2 N–H and O–H groups in total. The summed E-state index contributed by atoms with van der Waals surface area (Å²) in [5.41, 5.74) is 2.28. The van der Waals surface area contributed by atoms with Crippen molar-refractivity contribution in [2.45, 2.75) is 45.6 Å². The molecule has 9 heteroatoms. The van der Waals surface area contributed by atoms with Crippen LogP contribution < -0.4 is 10.6 Å². The maximum atomic E-state index is 12.7. The fourth-order valence-electron chi connectivity index (χ4n) is 3.83. The fourth-order valence-corrected chi connectivity index (χ4v) is 5.48. The topological polar surface area (TPSA) is 90.5 Å². The van der Waals surface area contributed by atoms with Gasteiger partial charge in [-0.15, -0.1) is 0 Å². The number of hydrogen-bond acceptors (Lipinski definition) is 6. The van der Waals surface area contributed by atoms with Gasteiger partial charge < -0.3 is 10.6 Å². The molecular formula is C17H30N6O2S. The first-order valence-corrected chi connectivity index (χ1v) is 10.9. The molecular weight excluding hydrogens is 352 g/mol. The molecule has 3 rings (SSSR count). The summed E-state index contributed by atoms with van der Waals surface area (Å²) >= 11 is 0. The van der Waals surface area contributed by atoms with Crippen LogP contribution in [0.4, 0.5) is 5.82 Å². The lowest BCUT2D eigenvalue weighted by molar-refractivity contribution is 0.286. The molecule has 1 fully saturated rings. The summed E-state index contributed by atoms with van der Waals surface area (Å²) in [6.07, 6.45) is 2.46. The van der Waals surface area contributed by atoms with E-state index in [1.54, 1.807) is 4.31 Å². The van der Waals surface area contributed by atoms with Crippen LogP contribution in [-0.2, 0) is 23.2 Å². The number of hydrogen-bond donors (Lipinski definition) is 2. The van der Waals surface area contributed by atoms with Gasteiger partial charge in [0.05, 0.1) is 5.69 Å². The monoisotopic (exact) mass is 382 g/mol. The van der Waals surface area contributed by atoms with Crippen molar-refractivity contribution < 1.29 is 8.42 Å². The summed E-state index contributed by atoms with van der Waals surface area (Å²) in [7, 11) is -1.46. The SMILES string of the molecule is CCN(CC)S(=O)(=O)N1CCC(c2nc3c(c(NC)n2)CCNC3)CC1. The van der Waals surface area contributed by atoms with Gasteiger partial charge in [0, 0.05) is 51.3 Å². The van der Waals surface area contributed by atoms with Gasteiger partial charge in [0.25, 0.3) is 10.2 Å². The molecule has 0 spiro atoms. The Labute approximate surface area is 156 Å². The summed E-state index contributed by atoms with van der Waals surface area (Å²) in [5.74, 6) is 1.97. The van der Waals surface area contributed by atoms with Gasteiger partial charge >= 0.3 is 0 Å². The van der Waals surface area contributed by atoms with E-state index in [9.17, 15) is 8.42 Å². The molecule has 1 aromatic rings. The summed E-state index contributed by atoms with van der Waals surface area (Å²) < 4.78 is 28.5. The lowest BCUT2D eigenvalue weighted by Gasteiger charge is -2.34. The lowest BCUT2D eigenvalue weighted by atomic mass is 9.96. The third-order valence-electron chi connectivity index (χ3n) is 5.37. The van der Waals surface area contributed by atoms with E-state index in [2.05, 4.69) is 10.6 Å². The van der Waals surface area contributed by atoms with Crippen LogP contribution >= 0.6 is 0 Å². The molecule has 1 saturated heterocycles. The van der Waals surface area contributed by atoms with Crippen LogP contribution in [0.25, 0.3) is 0 Å². The third kappa shape index (κ3) is 3.71. The summed E-state index contributed by atoms with van der Waals surface area (Å²) in [6.45, 7) is 7.54. The van der Waals surface area contributed by atoms with Gasteiger partial charge in [0.1, 0.15) is 11.6 Å². The average Bonchev–Trinajstić information content (AvgIpc) is 2.68. The minimum atomic E-state index is -3.35. The number of rotatable bonds is 6. The highest BCUT2D eigenvalue weighted by Crippen LogP contribution is 2.30. The van der Waals surface area contributed by atoms with Crippen LogP contribution in [0.15, 0.2) is 0 Å². The van der Waals surface area contributed by atoms with Gasteiger partial charge in [-0.3, -0.25) is 0 Å². The van der Waals surface area contributed by atoms with Crippen molar-refractivity contribution in [2.75, 3.05) is 45.1 Å². The molecule has 0 aromatic carbocycles. The zero-order valence-corrected chi connectivity index (χ0v) is 16.8. The molecule has 2 aliphatic rings. The number of aromatic nitrogens is 2. The molecule has 8 nitrogen and oxygen atoms in total. The Balaban J connectivity index is 1.74. The Morgan fingerprint density at radius 2 is 1.92 bits per heavy atom. The quantitative estimate of drug-likeness (QED) is 0.761. The lowest BCUT2D eigenvalue weighted by Crippen LogP contribution is -2.46. The largest absolute Gasteiger partial charge is 0.373 e. The first-order chi connectivity index (χ1) is 12.5. The Morgan fingerprint density at radius 1 is 1.23 bits per heavy atom. The van der Waals surface area contributed by atoms with Crippen molar-refractivity contribution in [3.63, 3.8) is 0 Å². The van der Waals surface area contributed by atoms with Crippen LogP contribution in [0.3, 0.4) is 0 Å².